The van der Waals surface area contributed by atoms with Gasteiger partial charge in [0.15, 0.2) is 11.5 Å². The molecule has 0 heterocycles. The van der Waals surface area contributed by atoms with Crippen molar-refractivity contribution in [3.05, 3.63) is 22.2 Å². The standard InChI is InChI=1S/C12H14BrF2NO4/c1-3-20-11(18)12(14,15)10(16)8-6(13)4-5-7(19-2)9(8)17/h4-5,10,17H,3,16H2,1-2H3/t10-/m0/s1. The minimum absolute atomic E-state index is 0.0293. The van der Waals surface area contributed by atoms with E-state index in [-0.39, 0.29) is 22.4 Å². The van der Waals surface area contributed by atoms with Gasteiger partial charge in [0.1, 0.15) is 6.04 Å². The van der Waals surface area contributed by atoms with Gasteiger partial charge in [-0.2, -0.15) is 8.78 Å². The SMILES string of the molecule is CCOC(=O)C(F)(F)[C@@H](N)c1c(Br)ccc(OC)c1O. The molecule has 1 aromatic rings. The maximum atomic E-state index is 13.9. The Hall–Kier alpha value is -1.41. The van der Waals surface area contributed by atoms with Crippen LogP contribution in [-0.2, 0) is 9.53 Å². The average molecular weight is 354 g/mol. The van der Waals surface area contributed by atoms with Gasteiger partial charge < -0.3 is 20.3 Å². The molecule has 1 atom stereocenters. The summed E-state index contributed by atoms with van der Waals surface area (Å²) in [6.07, 6.45) is 0. The van der Waals surface area contributed by atoms with Gasteiger partial charge in [-0.05, 0) is 19.1 Å². The Morgan fingerprint density at radius 2 is 2.15 bits per heavy atom. The first-order valence-electron chi connectivity index (χ1n) is 5.63. The molecule has 0 aliphatic carbocycles. The number of halogens is 3. The molecule has 0 bridgehead atoms. The van der Waals surface area contributed by atoms with E-state index < -0.39 is 23.7 Å². The predicted octanol–water partition coefficient (Wildman–Crippen LogP) is 2.36. The number of hydrogen-bond donors (Lipinski definition) is 2. The van der Waals surface area contributed by atoms with Crippen LogP contribution in [0.15, 0.2) is 16.6 Å². The van der Waals surface area contributed by atoms with Gasteiger partial charge >= 0.3 is 11.9 Å². The van der Waals surface area contributed by atoms with E-state index in [0.717, 1.165) is 0 Å². The summed E-state index contributed by atoms with van der Waals surface area (Å²) >= 11 is 3.01. The summed E-state index contributed by atoms with van der Waals surface area (Å²) < 4.78 is 37.1. The van der Waals surface area contributed by atoms with Crippen LogP contribution in [0.25, 0.3) is 0 Å². The predicted molar refractivity (Wildman–Crippen MR) is 70.9 cm³/mol. The molecular weight excluding hydrogens is 340 g/mol. The van der Waals surface area contributed by atoms with Crippen LogP contribution in [-0.4, -0.2) is 30.7 Å². The Morgan fingerprint density at radius 1 is 1.55 bits per heavy atom. The summed E-state index contributed by atoms with van der Waals surface area (Å²) in [6, 6.07) is 0.679. The van der Waals surface area contributed by atoms with E-state index in [1.807, 2.05) is 0 Å². The van der Waals surface area contributed by atoms with E-state index in [2.05, 4.69) is 20.7 Å². The number of esters is 1. The Kier molecular flexibility index (Phi) is 5.29. The summed E-state index contributed by atoms with van der Waals surface area (Å²) in [5.74, 6) is -6.32. The van der Waals surface area contributed by atoms with Gasteiger partial charge in [-0.1, -0.05) is 15.9 Å². The second kappa shape index (κ2) is 6.36. The molecule has 8 heteroatoms. The number of phenols is 1. The van der Waals surface area contributed by atoms with Crippen LogP contribution in [0.3, 0.4) is 0 Å². The third kappa shape index (κ3) is 3.01. The molecule has 0 fully saturated rings. The highest BCUT2D eigenvalue weighted by atomic mass is 79.9. The van der Waals surface area contributed by atoms with E-state index in [0.29, 0.717) is 0 Å². The maximum absolute atomic E-state index is 13.9. The monoisotopic (exact) mass is 353 g/mol. The van der Waals surface area contributed by atoms with Gasteiger partial charge in [0.05, 0.1) is 13.7 Å². The van der Waals surface area contributed by atoms with Crippen molar-refractivity contribution in [2.24, 2.45) is 5.73 Å². The van der Waals surface area contributed by atoms with Crippen LogP contribution in [0, 0.1) is 0 Å². The number of carbonyl (C=O) groups is 1. The molecule has 0 aliphatic rings. The summed E-state index contributed by atoms with van der Waals surface area (Å²) in [5.41, 5.74) is 5.10. The molecule has 1 rings (SSSR count). The molecule has 0 radical (unpaired) electrons. The molecule has 3 N–H and O–H groups in total. The molecule has 0 saturated carbocycles. The first-order valence-corrected chi connectivity index (χ1v) is 6.42. The smallest absolute Gasteiger partial charge is 0.379 e. The van der Waals surface area contributed by atoms with Gasteiger partial charge in [-0.3, -0.25) is 0 Å². The van der Waals surface area contributed by atoms with E-state index in [9.17, 15) is 18.7 Å². The largest absolute Gasteiger partial charge is 0.504 e. The van der Waals surface area contributed by atoms with E-state index in [1.54, 1.807) is 0 Å². The Bertz CT molecular complexity index is 510. The van der Waals surface area contributed by atoms with E-state index in [4.69, 9.17) is 10.5 Å². The fraction of sp³-hybridized carbons (Fsp3) is 0.417. The Balaban J connectivity index is 3.27. The van der Waals surface area contributed by atoms with Crippen molar-refractivity contribution < 1.29 is 28.2 Å². The molecule has 0 saturated heterocycles. The number of rotatable bonds is 5. The molecule has 0 spiro atoms. The summed E-state index contributed by atoms with van der Waals surface area (Å²) in [4.78, 5) is 11.3. The van der Waals surface area contributed by atoms with Crippen molar-refractivity contribution in [3.8, 4) is 11.5 Å². The second-order valence-corrected chi connectivity index (χ2v) is 4.69. The van der Waals surface area contributed by atoms with Crippen molar-refractivity contribution in [3.63, 3.8) is 0 Å². The zero-order chi connectivity index (χ0) is 15.5. The average Bonchev–Trinajstić information content (AvgIpc) is 2.39. The molecule has 0 unspecified atom stereocenters. The number of benzene rings is 1. The topological polar surface area (TPSA) is 81.8 Å². The van der Waals surface area contributed by atoms with Crippen molar-refractivity contribution in [1.82, 2.24) is 0 Å². The molecule has 0 aromatic heterocycles. The zero-order valence-electron chi connectivity index (χ0n) is 10.8. The number of carbonyl (C=O) groups excluding carboxylic acids is 1. The van der Waals surface area contributed by atoms with Gasteiger partial charge in [-0.25, -0.2) is 4.79 Å². The van der Waals surface area contributed by atoms with E-state index in [1.165, 1.54) is 26.2 Å². The Morgan fingerprint density at radius 3 is 2.65 bits per heavy atom. The quantitative estimate of drug-likeness (QED) is 0.794. The third-order valence-corrected chi connectivity index (χ3v) is 3.29. The number of hydrogen-bond acceptors (Lipinski definition) is 5. The van der Waals surface area contributed by atoms with Crippen LogP contribution in [0.4, 0.5) is 8.78 Å². The molecular formula is C12H14BrF2NO4. The summed E-state index contributed by atoms with van der Waals surface area (Å²) in [7, 11) is 1.27. The summed E-state index contributed by atoms with van der Waals surface area (Å²) in [5, 5.41) is 9.89. The highest BCUT2D eigenvalue weighted by molar-refractivity contribution is 9.10. The highest BCUT2D eigenvalue weighted by Gasteiger charge is 2.49. The number of methoxy groups -OCH3 is 1. The van der Waals surface area contributed by atoms with Gasteiger partial charge in [-0.15, -0.1) is 0 Å². The lowest BCUT2D eigenvalue weighted by molar-refractivity contribution is -0.174. The highest BCUT2D eigenvalue weighted by Crippen LogP contribution is 2.43. The number of alkyl halides is 2. The van der Waals surface area contributed by atoms with Crippen molar-refractivity contribution >= 4 is 21.9 Å². The van der Waals surface area contributed by atoms with Crippen LogP contribution < -0.4 is 10.5 Å². The number of phenolic OH excluding ortho intramolecular Hbond substituents is 1. The minimum Gasteiger partial charge on any atom is -0.504 e. The van der Waals surface area contributed by atoms with Gasteiger partial charge in [0.25, 0.3) is 0 Å². The van der Waals surface area contributed by atoms with Crippen molar-refractivity contribution in [1.29, 1.82) is 0 Å². The fourth-order valence-corrected chi connectivity index (χ4v) is 2.13. The maximum Gasteiger partial charge on any atom is 0.379 e. The zero-order valence-corrected chi connectivity index (χ0v) is 12.4. The molecule has 0 amide bonds. The van der Waals surface area contributed by atoms with E-state index >= 15 is 0 Å². The molecule has 112 valence electrons. The summed E-state index contributed by atoms with van der Waals surface area (Å²) in [6.45, 7) is 1.20. The van der Waals surface area contributed by atoms with Crippen LogP contribution >= 0.6 is 15.9 Å². The number of aromatic hydroxyl groups is 1. The van der Waals surface area contributed by atoms with Crippen molar-refractivity contribution in [2.75, 3.05) is 13.7 Å². The minimum atomic E-state index is -3.98. The molecule has 0 aliphatic heterocycles. The lowest BCUT2D eigenvalue weighted by Gasteiger charge is -2.24. The fourth-order valence-electron chi connectivity index (χ4n) is 1.56. The Labute approximate surface area is 122 Å². The first-order chi connectivity index (χ1) is 9.27. The molecule has 20 heavy (non-hydrogen) atoms. The lowest BCUT2D eigenvalue weighted by atomic mass is 10.00. The van der Waals surface area contributed by atoms with Crippen molar-refractivity contribution in [2.45, 2.75) is 18.9 Å². The molecule has 5 nitrogen and oxygen atoms in total. The normalized spacial score (nSPS) is 12.9. The second-order valence-electron chi connectivity index (χ2n) is 3.83. The van der Waals surface area contributed by atoms with Crippen LogP contribution in [0.2, 0.25) is 0 Å². The first kappa shape index (κ1) is 16.6. The lowest BCUT2D eigenvalue weighted by Crippen LogP contribution is -2.42. The molecule has 1 aromatic carbocycles. The van der Waals surface area contributed by atoms with Gasteiger partial charge in [0, 0.05) is 10.0 Å². The van der Waals surface area contributed by atoms with Gasteiger partial charge in [0.2, 0.25) is 0 Å². The van der Waals surface area contributed by atoms with Crippen LogP contribution in [0.5, 0.6) is 11.5 Å². The number of ether oxygens (including phenoxy) is 2. The third-order valence-electron chi connectivity index (χ3n) is 2.60. The number of nitrogens with two attached hydrogens (primary N) is 1. The van der Waals surface area contributed by atoms with Crippen LogP contribution in [0.1, 0.15) is 18.5 Å².